The quantitative estimate of drug-likeness (QED) is 0.914. The smallest absolute Gasteiger partial charge is 0.159 e. The van der Waals surface area contributed by atoms with Gasteiger partial charge in [0.1, 0.15) is 0 Å². The highest BCUT2D eigenvalue weighted by Crippen LogP contribution is 2.29. The zero-order valence-electron chi connectivity index (χ0n) is 11.2. The standard InChI is InChI=1S/C14H18ClN3O/c1-10(2)18(8-5-9-19)14-12-7-4-3-6-11(12)13(15)16-17-14/h3-4,6-7,10,19H,5,8-9H2,1-2H3. The molecule has 0 bridgehead atoms. The summed E-state index contributed by atoms with van der Waals surface area (Å²) >= 11 is 6.09. The van der Waals surface area contributed by atoms with Crippen molar-refractivity contribution < 1.29 is 5.11 Å². The fraction of sp³-hybridized carbons (Fsp3) is 0.429. The van der Waals surface area contributed by atoms with Gasteiger partial charge >= 0.3 is 0 Å². The first kappa shape index (κ1) is 14.0. The molecule has 19 heavy (non-hydrogen) atoms. The summed E-state index contributed by atoms with van der Waals surface area (Å²) in [7, 11) is 0. The number of rotatable bonds is 5. The van der Waals surface area contributed by atoms with Crippen molar-refractivity contribution in [3.8, 4) is 0 Å². The van der Waals surface area contributed by atoms with Crippen molar-refractivity contribution in [3.05, 3.63) is 29.4 Å². The van der Waals surface area contributed by atoms with Crippen LogP contribution in [0.2, 0.25) is 5.15 Å². The van der Waals surface area contributed by atoms with Crippen LogP contribution >= 0.6 is 11.6 Å². The van der Waals surface area contributed by atoms with Crippen LogP contribution in [0.15, 0.2) is 24.3 Å². The summed E-state index contributed by atoms with van der Waals surface area (Å²) in [5, 5.41) is 19.6. The molecule has 0 amide bonds. The minimum atomic E-state index is 0.169. The summed E-state index contributed by atoms with van der Waals surface area (Å²) in [5.41, 5.74) is 0. The first-order valence-corrected chi connectivity index (χ1v) is 6.81. The Kier molecular flexibility index (Phi) is 4.56. The van der Waals surface area contributed by atoms with E-state index in [2.05, 4.69) is 28.9 Å². The highest BCUT2D eigenvalue weighted by molar-refractivity contribution is 6.34. The van der Waals surface area contributed by atoms with Gasteiger partial charge < -0.3 is 10.0 Å². The molecule has 1 heterocycles. The maximum atomic E-state index is 9.02. The molecule has 1 N–H and O–H groups in total. The maximum Gasteiger partial charge on any atom is 0.159 e. The van der Waals surface area contributed by atoms with Gasteiger partial charge in [-0.15, -0.1) is 10.2 Å². The third kappa shape index (κ3) is 2.96. The van der Waals surface area contributed by atoms with E-state index in [1.54, 1.807) is 0 Å². The van der Waals surface area contributed by atoms with E-state index in [0.717, 1.165) is 23.1 Å². The van der Waals surface area contributed by atoms with Gasteiger partial charge in [0, 0.05) is 30.0 Å². The Balaban J connectivity index is 2.50. The van der Waals surface area contributed by atoms with E-state index in [0.29, 0.717) is 11.6 Å². The lowest BCUT2D eigenvalue weighted by molar-refractivity contribution is 0.288. The minimum absolute atomic E-state index is 0.169. The molecule has 0 spiro atoms. The lowest BCUT2D eigenvalue weighted by atomic mass is 10.1. The predicted molar refractivity (Wildman–Crippen MR) is 78.7 cm³/mol. The number of aliphatic hydroxyl groups is 1. The molecule has 0 radical (unpaired) electrons. The topological polar surface area (TPSA) is 49.2 Å². The highest BCUT2D eigenvalue weighted by atomic mass is 35.5. The summed E-state index contributed by atoms with van der Waals surface area (Å²) in [5.74, 6) is 0.823. The van der Waals surface area contributed by atoms with Crippen LogP contribution in [0.3, 0.4) is 0 Å². The Hall–Kier alpha value is -1.39. The van der Waals surface area contributed by atoms with Crippen LogP contribution in [0.5, 0.6) is 0 Å². The van der Waals surface area contributed by atoms with Crippen molar-refractivity contribution in [1.29, 1.82) is 0 Å². The second-order valence-electron chi connectivity index (χ2n) is 4.72. The summed E-state index contributed by atoms with van der Waals surface area (Å²) in [4.78, 5) is 2.14. The Morgan fingerprint density at radius 2 is 1.89 bits per heavy atom. The SMILES string of the molecule is CC(C)N(CCCO)c1nnc(Cl)c2ccccc12. The van der Waals surface area contributed by atoms with Gasteiger partial charge in [-0.3, -0.25) is 0 Å². The highest BCUT2D eigenvalue weighted by Gasteiger charge is 2.16. The van der Waals surface area contributed by atoms with E-state index in [4.69, 9.17) is 16.7 Å². The molecule has 4 nitrogen and oxygen atoms in total. The molecule has 2 aromatic rings. The van der Waals surface area contributed by atoms with Crippen molar-refractivity contribution in [2.24, 2.45) is 0 Å². The number of hydrogen-bond acceptors (Lipinski definition) is 4. The molecule has 0 aliphatic heterocycles. The molecular weight excluding hydrogens is 262 g/mol. The van der Waals surface area contributed by atoms with E-state index >= 15 is 0 Å². The number of anilines is 1. The van der Waals surface area contributed by atoms with Gasteiger partial charge in [-0.25, -0.2) is 0 Å². The van der Waals surface area contributed by atoms with Gasteiger partial charge in [-0.2, -0.15) is 0 Å². The maximum absolute atomic E-state index is 9.02. The molecule has 0 unspecified atom stereocenters. The number of fused-ring (bicyclic) bond motifs is 1. The van der Waals surface area contributed by atoms with Crippen LogP contribution in [-0.4, -0.2) is 34.5 Å². The Morgan fingerprint density at radius 3 is 2.53 bits per heavy atom. The number of halogens is 1. The fourth-order valence-corrected chi connectivity index (χ4v) is 2.32. The molecule has 0 saturated carbocycles. The predicted octanol–water partition coefficient (Wildman–Crippen LogP) is 2.88. The summed E-state index contributed by atoms with van der Waals surface area (Å²) < 4.78 is 0. The van der Waals surface area contributed by atoms with E-state index in [-0.39, 0.29) is 12.6 Å². The van der Waals surface area contributed by atoms with Crippen LogP contribution in [0.4, 0.5) is 5.82 Å². The van der Waals surface area contributed by atoms with E-state index < -0.39 is 0 Å². The fourth-order valence-electron chi connectivity index (χ4n) is 2.12. The monoisotopic (exact) mass is 279 g/mol. The zero-order chi connectivity index (χ0) is 13.8. The van der Waals surface area contributed by atoms with Crippen molar-refractivity contribution >= 4 is 28.2 Å². The van der Waals surface area contributed by atoms with Gasteiger partial charge in [-0.05, 0) is 20.3 Å². The number of nitrogens with zero attached hydrogens (tertiary/aromatic N) is 3. The van der Waals surface area contributed by atoms with Crippen LogP contribution in [-0.2, 0) is 0 Å². The van der Waals surface area contributed by atoms with Crippen LogP contribution in [0.1, 0.15) is 20.3 Å². The first-order chi connectivity index (χ1) is 9.15. The average molecular weight is 280 g/mol. The molecule has 0 aliphatic carbocycles. The van der Waals surface area contributed by atoms with E-state index in [1.807, 2.05) is 24.3 Å². The summed E-state index contributed by atoms with van der Waals surface area (Å²) in [6, 6.07) is 8.13. The zero-order valence-corrected chi connectivity index (χ0v) is 11.9. The third-order valence-corrected chi connectivity index (χ3v) is 3.35. The Morgan fingerprint density at radius 1 is 1.21 bits per heavy atom. The van der Waals surface area contributed by atoms with E-state index in [9.17, 15) is 0 Å². The van der Waals surface area contributed by atoms with Crippen molar-refractivity contribution in [2.45, 2.75) is 26.3 Å². The summed E-state index contributed by atoms with van der Waals surface area (Å²) in [6.45, 7) is 5.11. The van der Waals surface area contributed by atoms with Gasteiger partial charge in [0.15, 0.2) is 11.0 Å². The Labute approximate surface area is 118 Å². The van der Waals surface area contributed by atoms with Crippen LogP contribution in [0.25, 0.3) is 10.8 Å². The first-order valence-electron chi connectivity index (χ1n) is 6.43. The van der Waals surface area contributed by atoms with Crippen molar-refractivity contribution in [2.75, 3.05) is 18.1 Å². The van der Waals surface area contributed by atoms with Gasteiger partial charge in [0.25, 0.3) is 0 Å². The second-order valence-corrected chi connectivity index (χ2v) is 5.08. The molecule has 1 aromatic heterocycles. The van der Waals surface area contributed by atoms with Crippen molar-refractivity contribution in [1.82, 2.24) is 10.2 Å². The van der Waals surface area contributed by atoms with E-state index in [1.165, 1.54) is 0 Å². The molecule has 0 fully saturated rings. The van der Waals surface area contributed by atoms with Gasteiger partial charge in [0.2, 0.25) is 0 Å². The number of benzene rings is 1. The molecule has 102 valence electrons. The molecule has 5 heteroatoms. The molecule has 0 aliphatic rings. The van der Waals surface area contributed by atoms with Gasteiger partial charge in [0.05, 0.1) is 0 Å². The number of hydrogen-bond donors (Lipinski definition) is 1. The van der Waals surface area contributed by atoms with Gasteiger partial charge in [-0.1, -0.05) is 35.9 Å². The Bertz CT molecular complexity index is 559. The lowest BCUT2D eigenvalue weighted by Crippen LogP contribution is -2.33. The summed E-state index contributed by atoms with van der Waals surface area (Å²) in [6.07, 6.45) is 0.705. The molecule has 1 aromatic carbocycles. The largest absolute Gasteiger partial charge is 0.396 e. The molecule has 0 saturated heterocycles. The van der Waals surface area contributed by atoms with Crippen LogP contribution < -0.4 is 4.90 Å². The molecule has 2 rings (SSSR count). The molecular formula is C14H18ClN3O. The lowest BCUT2D eigenvalue weighted by Gasteiger charge is -2.28. The molecule has 0 atom stereocenters. The second kappa shape index (κ2) is 6.17. The van der Waals surface area contributed by atoms with Crippen LogP contribution in [0, 0.1) is 0 Å². The average Bonchev–Trinajstić information content (AvgIpc) is 2.41. The van der Waals surface area contributed by atoms with Crippen molar-refractivity contribution in [3.63, 3.8) is 0 Å². The third-order valence-electron chi connectivity index (χ3n) is 3.08. The number of aromatic nitrogens is 2. The normalized spacial score (nSPS) is 11.2. The minimum Gasteiger partial charge on any atom is -0.396 e. The number of aliphatic hydroxyl groups excluding tert-OH is 1.